The first kappa shape index (κ1) is 20.7. The molecule has 0 aliphatic heterocycles. The Labute approximate surface area is 163 Å². The van der Waals surface area contributed by atoms with E-state index in [0.717, 1.165) is 15.0 Å². The number of rotatable bonds is 5. The summed E-state index contributed by atoms with van der Waals surface area (Å²) >= 11 is 1.58. The number of aliphatic imine (C=N–C) groups is 1. The fraction of sp³-hybridized carbons (Fsp3) is 0.375. The summed E-state index contributed by atoms with van der Waals surface area (Å²) in [5.74, 6) is 0.443. The Morgan fingerprint density at radius 2 is 2.04 bits per heavy atom. The number of hydrogen-bond donors (Lipinski definition) is 3. The molecule has 1 amide bonds. The van der Waals surface area contributed by atoms with Crippen molar-refractivity contribution >= 4 is 57.3 Å². The van der Waals surface area contributed by atoms with Gasteiger partial charge in [-0.25, -0.2) is 0 Å². The van der Waals surface area contributed by atoms with Crippen LogP contribution in [0.2, 0.25) is 0 Å². The summed E-state index contributed by atoms with van der Waals surface area (Å²) in [7, 11) is 5.03. The van der Waals surface area contributed by atoms with Crippen LogP contribution >= 0.6 is 35.3 Å². The van der Waals surface area contributed by atoms with Crippen LogP contribution in [0.3, 0.4) is 0 Å². The van der Waals surface area contributed by atoms with Gasteiger partial charge < -0.3 is 20.6 Å². The lowest BCUT2D eigenvalue weighted by atomic mass is 10.2. The van der Waals surface area contributed by atoms with Gasteiger partial charge in [0.05, 0.1) is 6.54 Å². The smallest absolute Gasteiger partial charge is 0.241 e. The van der Waals surface area contributed by atoms with Crippen LogP contribution in [0.15, 0.2) is 35.3 Å². The second-order valence-electron chi connectivity index (χ2n) is 5.30. The maximum atomic E-state index is 11.6. The quantitative estimate of drug-likeness (QED) is 0.360. The molecule has 132 valence electrons. The zero-order valence-electron chi connectivity index (χ0n) is 13.9. The molecule has 0 spiro atoms. The summed E-state index contributed by atoms with van der Waals surface area (Å²) in [5.41, 5.74) is 0. The molecular formula is C16H23IN4O2S. The summed E-state index contributed by atoms with van der Waals surface area (Å²) in [6.45, 7) is 0.480. The van der Waals surface area contributed by atoms with Crippen LogP contribution in [0.5, 0.6) is 0 Å². The second-order valence-corrected chi connectivity index (χ2v) is 6.41. The number of hydrogen-bond acceptors (Lipinski definition) is 4. The number of carbonyl (C=O) groups excluding carboxylic acids is 1. The fourth-order valence-corrected chi connectivity index (χ4v) is 3.05. The van der Waals surface area contributed by atoms with E-state index in [1.165, 1.54) is 4.90 Å². The third-order valence-corrected chi connectivity index (χ3v) is 4.58. The maximum Gasteiger partial charge on any atom is 0.241 e. The summed E-state index contributed by atoms with van der Waals surface area (Å²) in [6.07, 6.45) is -0.629. The van der Waals surface area contributed by atoms with E-state index in [1.807, 2.05) is 30.3 Å². The average Bonchev–Trinajstić information content (AvgIpc) is 2.98. The molecule has 1 heterocycles. The van der Waals surface area contributed by atoms with Crippen molar-refractivity contribution in [2.24, 2.45) is 4.99 Å². The van der Waals surface area contributed by atoms with E-state index in [1.54, 1.807) is 32.5 Å². The van der Waals surface area contributed by atoms with Crippen LogP contribution in [-0.2, 0) is 4.79 Å². The van der Waals surface area contributed by atoms with Crippen LogP contribution in [0.4, 0.5) is 0 Å². The number of guanidine groups is 1. The minimum atomic E-state index is -0.629. The normalized spacial score (nSPS) is 12.4. The highest BCUT2D eigenvalue weighted by Crippen LogP contribution is 2.29. The summed E-state index contributed by atoms with van der Waals surface area (Å²) < 4.78 is 1.15. The third-order valence-electron chi connectivity index (χ3n) is 3.37. The largest absolute Gasteiger partial charge is 0.386 e. The van der Waals surface area contributed by atoms with E-state index in [0.29, 0.717) is 12.5 Å². The Morgan fingerprint density at radius 1 is 1.33 bits per heavy atom. The highest BCUT2D eigenvalue weighted by molar-refractivity contribution is 14.0. The van der Waals surface area contributed by atoms with Crippen LogP contribution < -0.4 is 10.6 Å². The molecule has 0 radical (unpaired) electrons. The summed E-state index contributed by atoms with van der Waals surface area (Å²) in [6, 6.07) is 10.0. The van der Waals surface area contributed by atoms with E-state index >= 15 is 0 Å². The molecule has 3 N–H and O–H groups in total. The third kappa shape index (κ3) is 5.60. The number of aliphatic hydroxyl groups is 1. The lowest BCUT2D eigenvalue weighted by molar-refractivity contribution is -0.127. The summed E-state index contributed by atoms with van der Waals surface area (Å²) in [5, 5.41) is 17.4. The van der Waals surface area contributed by atoms with Crippen molar-refractivity contribution in [1.82, 2.24) is 15.5 Å². The average molecular weight is 462 g/mol. The number of carbonyl (C=O) groups is 1. The van der Waals surface area contributed by atoms with Gasteiger partial charge in [0, 0.05) is 37.3 Å². The van der Waals surface area contributed by atoms with Crippen LogP contribution in [0, 0.1) is 0 Å². The van der Waals surface area contributed by atoms with Crippen molar-refractivity contribution in [2.45, 2.75) is 6.10 Å². The lowest BCUT2D eigenvalue weighted by Gasteiger charge is -2.16. The van der Waals surface area contributed by atoms with Gasteiger partial charge in [-0.15, -0.1) is 35.3 Å². The highest BCUT2D eigenvalue weighted by atomic mass is 127. The number of likely N-dealkylation sites (N-methyl/N-ethyl adjacent to an activating group) is 1. The van der Waals surface area contributed by atoms with Crippen LogP contribution in [0.25, 0.3) is 10.1 Å². The Balaban J connectivity index is 0.00000288. The SMILES string of the molecule is CN=C(NCC(=O)N(C)C)NCC(O)c1cc2ccccc2s1.I. The van der Waals surface area contributed by atoms with E-state index in [4.69, 9.17) is 0 Å². The first-order chi connectivity index (χ1) is 11.0. The number of benzene rings is 1. The molecule has 0 bridgehead atoms. The van der Waals surface area contributed by atoms with Crippen molar-refractivity contribution in [2.75, 3.05) is 34.2 Å². The standard InChI is InChI=1S/C16H22N4O2S.HI/c1-17-16(19-10-15(22)20(2)3)18-9-12(21)14-8-11-6-4-5-7-13(11)23-14;/h4-8,12,21H,9-10H2,1-3H3,(H2,17,18,19);1H. The number of thiophene rings is 1. The molecule has 1 unspecified atom stereocenters. The zero-order chi connectivity index (χ0) is 16.8. The highest BCUT2D eigenvalue weighted by Gasteiger charge is 2.12. The molecule has 0 saturated heterocycles. The van der Waals surface area contributed by atoms with Crippen molar-refractivity contribution in [3.8, 4) is 0 Å². The molecular weight excluding hydrogens is 439 g/mol. The van der Waals surface area contributed by atoms with E-state index in [2.05, 4.69) is 15.6 Å². The number of amides is 1. The summed E-state index contributed by atoms with van der Waals surface area (Å²) in [4.78, 5) is 18.0. The molecule has 1 aromatic carbocycles. The topological polar surface area (TPSA) is 77.0 Å². The molecule has 0 fully saturated rings. The Bertz CT molecular complexity index is 669. The van der Waals surface area contributed by atoms with Gasteiger partial charge in [0.2, 0.25) is 5.91 Å². The van der Waals surface area contributed by atoms with E-state index in [-0.39, 0.29) is 36.4 Å². The number of fused-ring (bicyclic) bond motifs is 1. The number of nitrogens with one attached hydrogen (secondary N) is 2. The molecule has 1 atom stereocenters. The van der Waals surface area contributed by atoms with Gasteiger partial charge in [-0.3, -0.25) is 9.79 Å². The first-order valence-corrected chi connectivity index (χ1v) is 8.14. The van der Waals surface area contributed by atoms with Gasteiger partial charge in [0.25, 0.3) is 0 Å². The first-order valence-electron chi connectivity index (χ1n) is 7.32. The molecule has 8 heteroatoms. The zero-order valence-corrected chi connectivity index (χ0v) is 17.1. The van der Waals surface area contributed by atoms with Crippen LogP contribution in [0.1, 0.15) is 11.0 Å². The lowest BCUT2D eigenvalue weighted by Crippen LogP contribution is -2.43. The van der Waals surface area contributed by atoms with E-state index in [9.17, 15) is 9.90 Å². The van der Waals surface area contributed by atoms with Gasteiger partial charge in [-0.2, -0.15) is 0 Å². The van der Waals surface area contributed by atoms with Gasteiger partial charge in [0.1, 0.15) is 6.10 Å². The molecule has 0 aliphatic rings. The van der Waals surface area contributed by atoms with Gasteiger partial charge >= 0.3 is 0 Å². The maximum absolute atomic E-state index is 11.6. The van der Waals surface area contributed by atoms with Gasteiger partial charge in [0.15, 0.2) is 5.96 Å². The minimum Gasteiger partial charge on any atom is -0.386 e. The van der Waals surface area contributed by atoms with E-state index < -0.39 is 6.10 Å². The Morgan fingerprint density at radius 3 is 2.67 bits per heavy atom. The Kier molecular flexibility index (Phi) is 8.43. The van der Waals surface area contributed by atoms with Gasteiger partial charge in [-0.1, -0.05) is 18.2 Å². The number of aliphatic hydroxyl groups excluding tert-OH is 1. The van der Waals surface area contributed by atoms with Crippen molar-refractivity contribution < 1.29 is 9.90 Å². The monoisotopic (exact) mass is 462 g/mol. The van der Waals surface area contributed by atoms with Crippen LogP contribution in [-0.4, -0.2) is 56.1 Å². The fourth-order valence-electron chi connectivity index (χ4n) is 2.00. The predicted octanol–water partition coefficient (Wildman–Crippen LogP) is 1.81. The Hall–Kier alpha value is -1.39. The van der Waals surface area contributed by atoms with Gasteiger partial charge in [-0.05, 0) is 17.5 Å². The van der Waals surface area contributed by atoms with Crippen molar-refractivity contribution in [1.29, 1.82) is 0 Å². The van der Waals surface area contributed by atoms with Crippen molar-refractivity contribution in [3.05, 3.63) is 35.2 Å². The number of nitrogens with zero attached hydrogens (tertiary/aromatic N) is 2. The molecule has 6 nitrogen and oxygen atoms in total. The molecule has 2 aromatic rings. The number of halogens is 1. The predicted molar refractivity (Wildman–Crippen MR) is 110 cm³/mol. The molecule has 24 heavy (non-hydrogen) atoms. The van der Waals surface area contributed by atoms with Crippen molar-refractivity contribution in [3.63, 3.8) is 0 Å². The molecule has 0 saturated carbocycles. The minimum absolute atomic E-state index is 0. The molecule has 2 rings (SSSR count). The second kappa shape index (κ2) is 9.80. The molecule has 0 aliphatic carbocycles. The molecule has 1 aromatic heterocycles.